The Labute approximate surface area is 431 Å². The van der Waals surface area contributed by atoms with Crippen molar-refractivity contribution in [3.63, 3.8) is 0 Å². The molecule has 0 rings (SSSR count). The molecule has 0 aromatic rings. The number of hydrogen-bond acceptors (Lipinski definition) is 5. The zero-order valence-electron chi connectivity index (χ0n) is 46.6. The van der Waals surface area contributed by atoms with Crippen LogP contribution in [-0.2, 0) is 14.3 Å². The normalized spacial score (nSPS) is 12.7. The molecule has 0 aliphatic heterocycles. The number of aliphatic hydroxyl groups excluding tert-OH is 2. The van der Waals surface area contributed by atoms with Crippen LogP contribution < -0.4 is 5.32 Å². The van der Waals surface area contributed by atoms with E-state index in [-0.39, 0.29) is 18.5 Å². The summed E-state index contributed by atoms with van der Waals surface area (Å²) in [5, 5.41) is 23.3. The topological polar surface area (TPSA) is 95.9 Å². The molecule has 6 heteroatoms. The fourth-order valence-corrected chi connectivity index (χ4v) is 9.73. The van der Waals surface area contributed by atoms with Gasteiger partial charge in [-0.2, -0.15) is 0 Å². The molecule has 1 amide bonds. The van der Waals surface area contributed by atoms with Crippen LogP contribution in [0.25, 0.3) is 0 Å². The van der Waals surface area contributed by atoms with Crippen molar-refractivity contribution < 1.29 is 24.5 Å². The zero-order valence-corrected chi connectivity index (χ0v) is 46.6. The molecule has 2 atom stereocenters. The van der Waals surface area contributed by atoms with E-state index in [0.717, 1.165) is 44.9 Å². The van der Waals surface area contributed by atoms with Crippen LogP contribution in [0.4, 0.5) is 0 Å². The molecular formula is C63H121NO5. The van der Waals surface area contributed by atoms with Crippen LogP contribution >= 0.6 is 0 Å². The lowest BCUT2D eigenvalue weighted by atomic mass is 10.0. The molecule has 0 fully saturated rings. The van der Waals surface area contributed by atoms with Gasteiger partial charge in [-0.15, -0.1) is 0 Å². The number of aliphatic hydroxyl groups is 2. The monoisotopic (exact) mass is 972 g/mol. The predicted octanol–water partition coefficient (Wildman–Crippen LogP) is 19.4. The lowest BCUT2D eigenvalue weighted by Crippen LogP contribution is -2.45. The Kier molecular flexibility index (Phi) is 57.5. The van der Waals surface area contributed by atoms with Crippen molar-refractivity contribution in [1.82, 2.24) is 5.32 Å². The molecule has 69 heavy (non-hydrogen) atoms. The Bertz CT molecular complexity index is 1080. The quantitative estimate of drug-likeness (QED) is 0.0321. The zero-order chi connectivity index (χ0) is 50.0. The second kappa shape index (κ2) is 58.9. The van der Waals surface area contributed by atoms with Gasteiger partial charge in [-0.05, 0) is 57.8 Å². The van der Waals surface area contributed by atoms with Gasteiger partial charge in [0.2, 0.25) is 5.91 Å². The van der Waals surface area contributed by atoms with Crippen LogP contribution in [0.5, 0.6) is 0 Å². The Hall–Kier alpha value is -1.66. The fourth-order valence-electron chi connectivity index (χ4n) is 9.73. The van der Waals surface area contributed by atoms with E-state index in [9.17, 15) is 19.8 Å². The van der Waals surface area contributed by atoms with Crippen molar-refractivity contribution in [2.24, 2.45) is 0 Å². The van der Waals surface area contributed by atoms with E-state index in [2.05, 4.69) is 43.5 Å². The third-order valence-electron chi connectivity index (χ3n) is 14.5. The Morgan fingerprint density at radius 2 is 0.725 bits per heavy atom. The second-order valence-electron chi connectivity index (χ2n) is 21.4. The number of allylic oxidation sites excluding steroid dienone is 4. The van der Waals surface area contributed by atoms with Gasteiger partial charge in [-0.1, -0.05) is 295 Å². The van der Waals surface area contributed by atoms with Crippen LogP contribution in [0.1, 0.15) is 341 Å². The van der Waals surface area contributed by atoms with Gasteiger partial charge in [0, 0.05) is 12.8 Å². The molecule has 0 aromatic carbocycles. The first-order chi connectivity index (χ1) is 34.0. The second-order valence-corrected chi connectivity index (χ2v) is 21.4. The highest BCUT2D eigenvalue weighted by atomic mass is 16.5. The minimum Gasteiger partial charge on any atom is -0.466 e. The highest BCUT2D eigenvalue weighted by Crippen LogP contribution is 2.17. The Morgan fingerprint density at radius 3 is 1.10 bits per heavy atom. The van der Waals surface area contributed by atoms with Crippen molar-refractivity contribution >= 4 is 11.9 Å². The van der Waals surface area contributed by atoms with Gasteiger partial charge >= 0.3 is 5.97 Å². The average molecular weight is 973 g/mol. The molecule has 3 N–H and O–H groups in total. The van der Waals surface area contributed by atoms with Crippen LogP contribution in [0.3, 0.4) is 0 Å². The smallest absolute Gasteiger partial charge is 0.305 e. The molecule has 408 valence electrons. The molecule has 6 nitrogen and oxygen atoms in total. The van der Waals surface area contributed by atoms with Crippen LogP contribution in [0.2, 0.25) is 0 Å². The Balaban J connectivity index is 3.43. The first-order valence-corrected chi connectivity index (χ1v) is 31.1. The van der Waals surface area contributed by atoms with E-state index < -0.39 is 12.1 Å². The van der Waals surface area contributed by atoms with Gasteiger partial charge in [0.15, 0.2) is 0 Å². The van der Waals surface area contributed by atoms with E-state index >= 15 is 0 Å². The number of carbonyl (C=O) groups is 2. The Morgan fingerprint density at radius 1 is 0.406 bits per heavy atom. The molecule has 0 heterocycles. The molecule has 2 unspecified atom stereocenters. The number of unbranched alkanes of at least 4 members (excludes halogenated alkanes) is 43. The summed E-state index contributed by atoms with van der Waals surface area (Å²) in [6.45, 7) is 4.96. The van der Waals surface area contributed by atoms with Gasteiger partial charge in [-0.3, -0.25) is 9.59 Å². The van der Waals surface area contributed by atoms with Gasteiger partial charge in [0.05, 0.1) is 25.4 Å². The summed E-state index contributed by atoms with van der Waals surface area (Å²) in [5.74, 6) is -0.0292. The van der Waals surface area contributed by atoms with Gasteiger partial charge in [0.1, 0.15) is 0 Å². The van der Waals surface area contributed by atoms with Crippen molar-refractivity contribution in [3.8, 4) is 0 Å². The third-order valence-corrected chi connectivity index (χ3v) is 14.5. The maximum atomic E-state index is 12.5. The standard InChI is InChI=1S/C63H121NO5/c1-3-5-7-9-11-13-15-17-29-32-35-39-43-47-51-55-61(66)60(59-65)64-62(67)56-52-48-44-40-36-33-30-27-25-23-21-19-18-20-22-24-26-28-31-34-38-42-46-50-54-58-69-63(68)57-53-49-45-41-37-16-14-12-10-8-6-4-2/h19-22,60-61,65-66H,3-18,23-59H2,1-2H3,(H,64,67)/b21-19-,22-20-. The van der Waals surface area contributed by atoms with Gasteiger partial charge in [0.25, 0.3) is 0 Å². The van der Waals surface area contributed by atoms with Crippen LogP contribution in [0, 0.1) is 0 Å². The molecule has 0 aromatic heterocycles. The lowest BCUT2D eigenvalue weighted by Gasteiger charge is -2.22. The lowest BCUT2D eigenvalue weighted by molar-refractivity contribution is -0.143. The minimum atomic E-state index is -0.668. The summed E-state index contributed by atoms with van der Waals surface area (Å²) in [7, 11) is 0. The number of ether oxygens (including phenoxy) is 1. The summed E-state index contributed by atoms with van der Waals surface area (Å²) in [5.41, 5.74) is 0. The number of esters is 1. The van der Waals surface area contributed by atoms with E-state index in [1.165, 1.54) is 263 Å². The van der Waals surface area contributed by atoms with Crippen molar-refractivity contribution in [2.75, 3.05) is 13.2 Å². The van der Waals surface area contributed by atoms with E-state index in [4.69, 9.17) is 4.74 Å². The summed E-state index contributed by atoms with van der Waals surface area (Å²) < 4.78 is 5.47. The van der Waals surface area contributed by atoms with Crippen molar-refractivity contribution in [1.29, 1.82) is 0 Å². The number of carbonyl (C=O) groups excluding carboxylic acids is 2. The van der Waals surface area contributed by atoms with E-state index in [1.807, 2.05) is 0 Å². The molecule has 0 aliphatic rings. The molecule has 0 spiro atoms. The first-order valence-electron chi connectivity index (χ1n) is 31.1. The number of hydrogen-bond donors (Lipinski definition) is 3. The molecule has 0 saturated carbocycles. The van der Waals surface area contributed by atoms with Gasteiger partial charge < -0.3 is 20.3 Å². The summed E-state index contributed by atoms with van der Waals surface area (Å²) >= 11 is 0. The van der Waals surface area contributed by atoms with Gasteiger partial charge in [-0.25, -0.2) is 0 Å². The van der Waals surface area contributed by atoms with Crippen LogP contribution in [-0.4, -0.2) is 47.4 Å². The molecule has 0 saturated heterocycles. The van der Waals surface area contributed by atoms with E-state index in [1.54, 1.807) is 0 Å². The van der Waals surface area contributed by atoms with E-state index in [0.29, 0.717) is 25.9 Å². The average Bonchev–Trinajstić information content (AvgIpc) is 3.35. The SMILES string of the molecule is CCCCCCCCCCCCCCCCCC(O)C(CO)NC(=O)CCCCCCCCCCC/C=C\C/C=C\CCCCCCCCCCCOC(=O)CCCCCCCCCCCCCC. The highest BCUT2D eigenvalue weighted by molar-refractivity contribution is 5.76. The minimum absolute atomic E-state index is 0.00999. The fraction of sp³-hybridized carbons (Fsp3) is 0.905. The molecule has 0 radical (unpaired) electrons. The first kappa shape index (κ1) is 67.3. The maximum absolute atomic E-state index is 12.5. The maximum Gasteiger partial charge on any atom is 0.305 e. The largest absolute Gasteiger partial charge is 0.466 e. The predicted molar refractivity (Wildman–Crippen MR) is 301 cm³/mol. The molecule has 0 aliphatic carbocycles. The van der Waals surface area contributed by atoms with Crippen LogP contribution in [0.15, 0.2) is 24.3 Å². The molecular weight excluding hydrogens is 851 g/mol. The summed E-state index contributed by atoms with van der Waals surface area (Å²) in [6, 6.07) is -0.545. The number of rotatable bonds is 58. The highest BCUT2D eigenvalue weighted by Gasteiger charge is 2.20. The molecule has 0 bridgehead atoms. The van der Waals surface area contributed by atoms with Crippen molar-refractivity contribution in [3.05, 3.63) is 24.3 Å². The third kappa shape index (κ3) is 55.5. The summed E-state index contributed by atoms with van der Waals surface area (Å²) in [6.07, 6.45) is 71.9. The number of nitrogens with one attached hydrogen (secondary N) is 1. The summed E-state index contributed by atoms with van der Waals surface area (Å²) in [4.78, 5) is 24.5. The van der Waals surface area contributed by atoms with Crippen molar-refractivity contribution in [2.45, 2.75) is 353 Å². The number of amides is 1.